The minimum atomic E-state index is 0.280. The highest BCUT2D eigenvalue weighted by atomic mass is 35.5. The summed E-state index contributed by atoms with van der Waals surface area (Å²) in [6, 6.07) is 4.32. The highest BCUT2D eigenvalue weighted by Gasteiger charge is 2.33. The van der Waals surface area contributed by atoms with E-state index in [1.54, 1.807) is 0 Å². The molecular formula is C20H30ClN3O. The molecule has 3 rings (SSSR count). The average molecular weight is 364 g/mol. The van der Waals surface area contributed by atoms with Crippen molar-refractivity contribution in [2.45, 2.75) is 52.1 Å². The lowest BCUT2D eigenvalue weighted by Gasteiger charge is -2.41. The third-order valence-corrected chi connectivity index (χ3v) is 6.06. The molecule has 1 aliphatic carbocycles. The Hall–Kier alpha value is -1.26. The number of nitrogens with one attached hydrogen (secondary N) is 1. The third-order valence-electron chi connectivity index (χ3n) is 5.84. The first kappa shape index (κ1) is 18.5. The van der Waals surface area contributed by atoms with Crippen molar-refractivity contribution in [3.8, 4) is 0 Å². The number of piperazine rings is 1. The molecule has 2 fully saturated rings. The minimum absolute atomic E-state index is 0.280. The molecule has 0 aromatic heterocycles. The summed E-state index contributed by atoms with van der Waals surface area (Å²) in [4.78, 5) is 17.3. The van der Waals surface area contributed by atoms with E-state index in [9.17, 15) is 4.79 Å². The van der Waals surface area contributed by atoms with E-state index in [1.807, 2.05) is 13.1 Å². The molecule has 1 heterocycles. The fourth-order valence-corrected chi connectivity index (χ4v) is 4.55. The Bertz CT molecular complexity index is 628. The van der Waals surface area contributed by atoms with Crippen LogP contribution in [0.3, 0.4) is 0 Å². The zero-order valence-corrected chi connectivity index (χ0v) is 16.4. The Kier molecular flexibility index (Phi) is 5.90. The molecule has 4 nitrogen and oxygen atoms in total. The Morgan fingerprint density at radius 3 is 2.64 bits per heavy atom. The Morgan fingerprint density at radius 1 is 1.28 bits per heavy atom. The van der Waals surface area contributed by atoms with Gasteiger partial charge in [-0.25, -0.2) is 0 Å². The number of anilines is 1. The highest BCUT2D eigenvalue weighted by molar-refractivity contribution is 6.31. The maximum atomic E-state index is 12.7. The van der Waals surface area contributed by atoms with Crippen molar-refractivity contribution in [2.75, 3.05) is 32.0 Å². The molecule has 138 valence electrons. The van der Waals surface area contributed by atoms with Crippen LogP contribution < -0.4 is 5.32 Å². The van der Waals surface area contributed by atoms with E-state index < -0.39 is 0 Å². The fourth-order valence-electron chi connectivity index (χ4n) is 4.31. The number of hydrogen-bond acceptors (Lipinski definition) is 3. The fraction of sp³-hybridized carbons (Fsp3) is 0.650. The number of nitrogens with zero attached hydrogens (tertiary/aromatic N) is 2. The molecule has 1 atom stereocenters. The molecule has 0 radical (unpaired) electrons. The summed E-state index contributed by atoms with van der Waals surface area (Å²) in [5.74, 6) is 0.670. The van der Waals surface area contributed by atoms with Crippen molar-refractivity contribution in [2.24, 2.45) is 5.92 Å². The van der Waals surface area contributed by atoms with Crippen LogP contribution in [0.1, 0.15) is 43.7 Å². The molecule has 1 aromatic rings. The molecule has 0 bridgehead atoms. The standard InChI is InChI=1S/C20H30ClN3O/c1-14-12-23(8-9-24(14)20(25)16-6-4-5-7-16)13-17-10-18(21)11-19(22-3)15(17)2/h10-11,14,16,22H,4-9,12-13H2,1-3H3/t14-/m0/s1. The Balaban J connectivity index is 1.63. The molecule has 1 amide bonds. The number of carbonyl (C=O) groups excluding carboxylic acids is 1. The molecule has 1 N–H and O–H groups in total. The van der Waals surface area contributed by atoms with Crippen molar-refractivity contribution in [3.63, 3.8) is 0 Å². The summed E-state index contributed by atoms with van der Waals surface area (Å²) < 4.78 is 0. The lowest BCUT2D eigenvalue weighted by molar-refractivity contribution is -0.140. The largest absolute Gasteiger partial charge is 0.388 e. The second kappa shape index (κ2) is 7.96. The zero-order valence-electron chi connectivity index (χ0n) is 15.6. The van der Waals surface area contributed by atoms with Gasteiger partial charge in [0, 0.05) is 55.9 Å². The first-order valence-electron chi connectivity index (χ1n) is 9.49. The maximum Gasteiger partial charge on any atom is 0.226 e. The highest BCUT2D eigenvalue weighted by Crippen LogP contribution is 2.29. The topological polar surface area (TPSA) is 35.6 Å². The van der Waals surface area contributed by atoms with Gasteiger partial charge < -0.3 is 10.2 Å². The van der Waals surface area contributed by atoms with Crippen molar-refractivity contribution in [1.82, 2.24) is 9.80 Å². The molecule has 1 saturated heterocycles. The van der Waals surface area contributed by atoms with Gasteiger partial charge in [-0.1, -0.05) is 24.4 Å². The van der Waals surface area contributed by atoms with Crippen LogP contribution in [0, 0.1) is 12.8 Å². The number of halogens is 1. The van der Waals surface area contributed by atoms with Crippen LogP contribution in [0.15, 0.2) is 12.1 Å². The zero-order chi connectivity index (χ0) is 18.0. The van der Waals surface area contributed by atoms with E-state index in [1.165, 1.54) is 24.0 Å². The van der Waals surface area contributed by atoms with Crippen LogP contribution in [0.5, 0.6) is 0 Å². The molecular weight excluding hydrogens is 334 g/mol. The van der Waals surface area contributed by atoms with Crippen LogP contribution >= 0.6 is 11.6 Å². The van der Waals surface area contributed by atoms with Gasteiger partial charge in [0.2, 0.25) is 5.91 Å². The minimum Gasteiger partial charge on any atom is -0.388 e. The molecule has 1 saturated carbocycles. The molecule has 0 spiro atoms. The first-order valence-corrected chi connectivity index (χ1v) is 9.87. The lowest BCUT2D eigenvalue weighted by Crippen LogP contribution is -2.54. The predicted octanol–water partition coefficient (Wildman–Crippen LogP) is 3.91. The van der Waals surface area contributed by atoms with Gasteiger partial charge in [-0.3, -0.25) is 9.69 Å². The monoisotopic (exact) mass is 363 g/mol. The third kappa shape index (κ3) is 4.12. The Labute approximate surface area is 156 Å². The molecule has 2 aliphatic rings. The van der Waals surface area contributed by atoms with Crippen molar-refractivity contribution in [3.05, 3.63) is 28.3 Å². The predicted molar refractivity (Wildman–Crippen MR) is 104 cm³/mol. The van der Waals surface area contributed by atoms with E-state index in [2.05, 4.69) is 35.0 Å². The quantitative estimate of drug-likeness (QED) is 0.880. The van der Waals surface area contributed by atoms with E-state index in [4.69, 9.17) is 11.6 Å². The van der Waals surface area contributed by atoms with E-state index in [0.29, 0.717) is 5.91 Å². The number of carbonyl (C=O) groups is 1. The van der Waals surface area contributed by atoms with Gasteiger partial charge in [0.25, 0.3) is 0 Å². The summed E-state index contributed by atoms with van der Waals surface area (Å²) in [7, 11) is 1.93. The van der Waals surface area contributed by atoms with Gasteiger partial charge >= 0.3 is 0 Å². The van der Waals surface area contributed by atoms with E-state index >= 15 is 0 Å². The van der Waals surface area contributed by atoms with Crippen LogP contribution in [0.2, 0.25) is 5.02 Å². The smallest absolute Gasteiger partial charge is 0.226 e. The number of hydrogen-bond donors (Lipinski definition) is 1. The summed E-state index contributed by atoms with van der Waals surface area (Å²) in [6.07, 6.45) is 4.60. The summed E-state index contributed by atoms with van der Waals surface area (Å²) in [5, 5.41) is 3.99. The molecule has 0 unspecified atom stereocenters. The SMILES string of the molecule is CNc1cc(Cl)cc(CN2CCN(C(=O)C3CCCC3)[C@@H](C)C2)c1C. The van der Waals surface area contributed by atoms with Crippen LogP contribution in [-0.2, 0) is 11.3 Å². The van der Waals surface area contributed by atoms with Crippen molar-refractivity contribution in [1.29, 1.82) is 0 Å². The molecule has 1 aliphatic heterocycles. The van der Waals surface area contributed by atoms with Gasteiger partial charge in [-0.15, -0.1) is 0 Å². The molecule has 5 heteroatoms. The maximum absolute atomic E-state index is 12.7. The van der Waals surface area contributed by atoms with Crippen LogP contribution in [0.25, 0.3) is 0 Å². The number of amides is 1. The normalized spacial score (nSPS) is 22.4. The summed E-state index contributed by atoms with van der Waals surface area (Å²) in [5.41, 5.74) is 3.61. The Morgan fingerprint density at radius 2 is 2.00 bits per heavy atom. The van der Waals surface area contributed by atoms with Gasteiger partial charge in [0.1, 0.15) is 0 Å². The van der Waals surface area contributed by atoms with Gasteiger partial charge in [-0.2, -0.15) is 0 Å². The molecule has 1 aromatic carbocycles. The van der Waals surface area contributed by atoms with Crippen molar-refractivity contribution < 1.29 is 4.79 Å². The number of benzene rings is 1. The van der Waals surface area contributed by atoms with Gasteiger partial charge in [-0.05, 0) is 49.9 Å². The average Bonchev–Trinajstić information content (AvgIpc) is 3.12. The van der Waals surface area contributed by atoms with Crippen LogP contribution in [-0.4, -0.2) is 48.4 Å². The van der Waals surface area contributed by atoms with E-state index in [-0.39, 0.29) is 12.0 Å². The van der Waals surface area contributed by atoms with E-state index in [0.717, 1.165) is 49.7 Å². The van der Waals surface area contributed by atoms with Crippen LogP contribution in [0.4, 0.5) is 5.69 Å². The second-order valence-electron chi connectivity index (χ2n) is 7.58. The summed E-state index contributed by atoms with van der Waals surface area (Å²) >= 11 is 6.27. The summed E-state index contributed by atoms with van der Waals surface area (Å²) in [6.45, 7) is 7.92. The first-order chi connectivity index (χ1) is 12.0. The number of rotatable bonds is 4. The van der Waals surface area contributed by atoms with Gasteiger partial charge in [0.05, 0.1) is 0 Å². The van der Waals surface area contributed by atoms with Crippen molar-refractivity contribution >= 4 is 23.2 Å². The second-order valence-corrected chi connectivity index (χ2v) is 8.02. The van der Waals surface area contributed by atoms with Gasteiger partial charge in [0.15, 0.2) is 0 Å². The lowest BCUT2D eigenvalue weighted by atomic mass is 10.0. The molecule has 25 heavy (non-hydrogen) atoms.